The van der Waals surface area contributed by atoms with Crippen molar-refractivity contribution in [1.29, 1.82) is 0 Å². The molecule has 1 aromatic rings. The second-order valence-electron chi connectivity index (χ2n) is 7.17. The Labute approximate surface area is 155 Å². The standard InChI is InChI=1S/C20H30N2O4/c1-4-26-18-16(24-2)9-14(10-17(18)25-3)11-22-19(23)20-8-6-5-7-15(20)12-21-13-20/h9-10,15,21H,4-8,11-13H2,1-3H3,(H,22,23)/t15-,20+/m0/s1. The summed E-state index contributed by atoms with van der Waals surface area (Å²) >= 11 is 0. The molecule has 0 unspecified atom stereocenters. The molecule has 2 atom stereocenters. The Morgan fingerprint density at radius 1 is 1.27 bits per heavy atom. The van der Waals surface area contributed by atoms with E-state index in [4.69, 9.17) is 14.2 Å². The van der Waals surface area contributed by atoms with Crippen molar-refractivity contribution in [2.45, 2.75) is 39.2 Å². The van der Waals surface area contributed by atoms with Gasteiger partial charge in [0.25, 0.3) is 0 Å². The molecule has 6 nitrogen and oxygen atoms in total. The first-order chi connectivity index (χ1) is 12.6. The molecule has 0 radical (unpaired) electrons. The van der Waals surface area contributed by atoms with Crippen molar-refractivity contribution in [3.63, 3.8) is 0 Å². The SMILES string of the molecule is CCOc1c(OC)cc(CNC(=O)[C@@]23CCCC[C@H]2CNC3)cc1OC. The molecule has 2 N–H and O–H groups in total. The van der Waals surface area contributed by atoms with Gasteiger partial charge in [-0.2, -0.15) is 0 Å². The zero-order valence-electron chi connectivity index (χ0n) is 16.0. The molecular weight excluding hydrogens is 332 g/mol. The van der Waals surface area contributed by atoms with Gasteiger partial charge < -0.3 is 24.8 Å². The van der Waals surface area contributed by atoms with Crippen LogP contribution >= 0.6 is 0 Å². The molecule has 0 bridgehead atoms. The van der Waals surface area contributed by atoms with E-state index in [0.29, 0.717) is 36.3 Å². The minimum absolute atomic E-state index is 0.166. The number of carbonyl (C=O) groups excluding carboxylic acids is 1. The zero-order valence-corrected chi connectivity index (χ0v) is 16.0. The predicted octanol–water partition coefficient (Wildman–Crippen LogP) is 2.50. The quantitative estimate of drug-likeness (QED) is 0.780. The molecule has 2 fully saturated rings. The van der Waals surface area contributed by atoms with Crippen LogP contribution in [-0.2, 0) is 11.3 Å². The Balaban J connectivity index is 1.74. The molecular formula is C20H30N2O4. The molecule has 0 aromatic heterocycles. The highest BCUT2D eigenvalue weighted by molar-refractivity contribution is 5.84. The van der Waals surface area contributed by atoms with Gasteiger partial charge in [-0.3, -0.25) is 4.79 Å². The molecule has 0 spiro atoms. The van der Waals surface area contributed by atoms with Crippen LogP contribution in [0.25, 0.3) is 0 Å². The highest BCUT2D eigenvalue weighted by Crippen LogP contribution is 2.44. The Bertz CT molecular complexity index is 624. The van der Waals surface area contributed by atoms with Crippen molar-refractivity contribution in [2.75, 3.05) is 33.9 Å². The van der Waals surface area contributed by atoms with Crippen LogP contribution in [0.4, 0.5) is 0 Å². The summed E-state index contributed by atoms with van der Waals surface area (Å²) in [6.45, 7) is 4.65. The number of fused-ring (bicyclic) bond motifs is 1. The van der Waals surface area contributed by atoms with Gasteiger partial charge in [-0.25, -0.2) is 0 Å². The Hall–Kier alpha value is -1.95. The maximum atomic E-state index is 13.0. The van der Waals surface area contributed by atoms with Crippen LogP contribution in [-0.4, -0.2) is 39.8 Å². The van der Waals surface area contributed by atoms with E-state index in [-0.39, 0.29) is 11.3 Å². The van der Waals surface area contributed by atoms with E-state index in [1.807, 2.05) is 19.1 Å². The number of carbonyl (C=O) groups is 1. The van der Waals surface area contributed by atoms with Crippen LogP contribution < -0.4 is 24.8 Å². The third-order valence-corrected chi connectivity index (χ3v) is 5.75. The molecule has 1 amide bonds. The van der Waals surface area contributed by atoms with Gasteiger partial charge in [-0.1, -0.05) is 12.8 Å². The van der Waals surface area contributed by atoms with E-state index < -0.39 is 0 Å². The summed E-state index contributed by atoms with van der Waals surface area (Å²) in [6.07, 6.45) is 4.49. The summed E-state index contributed by atoms with van der Waals surface area (Å²) in [5, 5.41) is 6.58. The number of ether oxygens (including phenoxy) is 3. The van der Waals surface area contributed by atoms with E-state index in [9.17, 15) is 4.79 Å². The highest BCUT2D eigenvalue weighted by Gasteiger charge is 2.49. The first-order valence-electron chi connectivity index (χ1n) is 9.51. The predicted molar refractivity (Wildman–Crippen MR) is 99.8 cm³/mol. The van der Waals surface area contributed by atoms with Gasteiger partial charge >= 0.3 is 0 Å². The summed E-state index contributed by atoms with van der Waals surface area (Å²) in [5.74, 6) is 2.46. The van der Waals surface area contributed by atoms with Gasteiger partial charge in [0.1, 0.15) is 0 Å². The first kappa shape index (κ1) is 18.8. The van der Waals surface area contributed by atoms with E-state index in [0.717, 1.165) is 37.9 Å². The van der Waals surface area contributed by atoms with Crippen molar-refractivity contribution < 1.29 is 19.0 Å². The monoisotopic (exact) mass is 362 g/mol. The fourth-order valence-electron chi connectivity index (χ4n) is 4.37. The number of hydrogen-bond acceptors (Lipinski definition) is 5. The molecule has 26 heavy (non-hydrogen) atoms. The Kier molecular flexibility index (Phi) is 5.91. The van der Waals surface area contributed by atoms with Crippen LogP contribution in [0, 0.1) is 11.3 Å². The lowest BCUT2D eigenvalue weighted by atomic mass is 9.67. The minimum Gasteiger partial charge on any atom is -0.493 e. The molecule has 1 saturated carbocycles. The molecule has 1 heterocycles. The largest absolute Gasteiger partial charge is 0.493 e. The number of rotatable bonds is 7. The maximum absolute atomic E-state index is 13.0. The van der Waals surface area contributed by atoms with Crippen molar-refractivity contribution in [2.24, 2.45) is 11.3 Å². The van der Waals surface area contributed by atoms with Crippen LogP contribution in [0.1, 0.15) is 38.2 Å². The van der Waals surface area contributed by atoms with Crippen LogP contribution in [0.5, 0.6) is 17.2 Å². The molecule has 1 saturated heterocycles. The molecule has 1 aliphatic carbocycles. The zero-order chi connectivity index (χ0) is 18.6. The van der Waals surface area contributed by atoms with Gasteiger partial charge in [0, 0.05) is 13.1 Å². The number of amides is 1. The summed E-state index contributed by atoms with van der Waals surface area (Å²) in [6, 6.07) is 3.80. The van der Waals surface area contributed by atoms with E-state index >= 15 is 0 Å². The van der Waals surface area contributed by atoms with E-state index in [1.165, 1.54) is 6.42 Å². The molecule has 1 aliphatic heterocycles. The normalized spacial score (nSPS) is 24.7. The highest BCUT2D eigenvalue weighted by atomic mass is 16.5. The molecule has 2 aliphatic rings. The van der Waals surface area contributed by atoms with Crippen LogP contribution in [0.15, 0.2) is 12.1 Å². The second-order valence-corrected chi connectivity index (χ2v) is 7.17. The molecule has 144 valence electrons. The summed E-state index contributed by atoms with van der Waals surface area (Å²) < 4.78 is 16.5. The lowest BCUT2D eigenvalue weighted by Crippen LogP contribution is -2.47. The average molecular weight is 362 g/mol. The van der Waals surface area contributed by atoms with Crippen LogP contribution in [0.3, 0.4) is 0 Å². The smallest absolute Gasteiger partial charge is 0.228 e. The summed E-state index contributed by atoms with van der Waals surface area (Å²) in [4.78, 5) is 13.0. The van der Waals surface area contributed by atoms with Crippen molar-refractivity contribution in [3.8, 4) is 17.2 Å². The molecule has 1 aromatic carbocycles. The third kappa shape index (κ3) is 3.47. The first-order valence-corrected chi connectivity index (χ1v) is 9.51. The van der Waals surface area contributed by atoms with E-state index in [2.05, 4.69) is 10.6 Å². The average Bonchev–Trinajstić information content (AvgIpc) is 3.12. The van der Waals surface area contributed by atoms with Crippen molar-refractivity contribution in [3.05, 3.63) is 17.7 Å². The molecule has 6 heteroatoms. The number of hydrogen-bond donors (Lipinski definition) is 2. The Morgan fingerprint density at radius 3 is 2.65 bits per heavy atom. The lowest BCUT2D eigenvalue weighted by Gasteiger charge is -2.37. The topological polar surface area (TPSA) is 68.8 Å². The van der Waals surface area contributed by atoms with Gasteiger partial charge in [-0.05, 0) is 49.9 Å². The van der Waals surface area contributed by atoms with Crippen molar-refractivity contribution >= 4 is 5.91 Å². The lowest BCUT2D eigenvalue weighted by molar-refractivity contribution is -0.134. The summed E-state index contributed by atoms with van der Waals surface area (Å²) in [7, 11) is 3.21. The second kappa shape index (κ2) is 8.16. The van der Waals surface area contributed by atoms with Gasteiger partial charge in [0.15, 0.2) is 11.5 Å². The van der Waals surface area contributed by atoms with Crippen LogP contribution in [0.2, 0.25) is 0 Å². The van der Waals surface area contributed by atoms with Gasteiger partial charge in [0.2, 0.25) is 11.7 Å². The number of benzene rings is 1. The fourth-order valence-corrected chi connectivity index (χ4v) is 4.37. The number of methoxy groups -OCH3 is 2. The third-order valence-electron chi connectivity index (χ3n) is 5.75. The molecule has 3 rings (SSSR count). The maximum Gasteiger partial charge on any atom is 0.228 e. The number of nitrogens with one attached hydrogen (secondary N) is 2. The Morgan fingerprint density at radius 2 is 2.00 bits per heavy atom. The van der Waals surface area contributed by atoms with Crippen molar-refractivity contribution in [1.82, 2.24) is 10.6 Å². The van der Waals surface area contributed by atoms with E-state index in [1.54, 1.807) is 14.2 Å². The fraction of sp³-hybridized carbons (Fsp3) is 0.650. The summed E-state index contributed by atoms with van der Waals surface area (Å²) in [5.41, 5.74) is 0.697. The minimum atomic E-state index is -0.238. The van der Waals surface area contributed by atoms with Gasteiger partial charge in [-0.15, -0.1) is 0 Å². The van der Waals surface area contributed by atoms with Gasteiger partial charge in [0.05, 0.1) is 26.2 Å².